The molecule has 1 heterocycles. The fourth-order valence-electron chi connectivity index (χ4n) is 8.89. The molecule has 1 saturated heterocycles. The molecule has 2 unspecified atom stereocenters. The molecule has 0 N–H and O–H groups in total. The van der Waals surface area contributed by atoms with Crippen LogP contribution in [0, 0.1) is 23.2 Å². The third-order valence-electron chi connectivity index (χ3n) is 10.5. The highest BCUT2D eigenvalue weighted by atomic mass is 32.2. The summed E-state index contributed by atoms with van der Waals surface area (Å²) in [5.41, 5.74) is -6.06. The van der Waals surface area contributed by atoms with Gasteiger partial charge >= 0.3 is 23.9 Å². The van der Waals surface area contributed by atoms with Crippen LogP contribution in [0.5, 0.6) is 5.75 Å². The zero-order chi connectivity index (χ0) is 34.0. The van der Waals surface area contributed by atoms with Gasteiger partial charge in [0.1, 0.15) is 23.9 Å². The second-order valence-electron chi connectivity index (χ2n) is 13.5. The van der Waals surface area contributed by atoms with Crippen LogP contribution in [0.25, 0.3) is 10.8 Å². The van der Waals surface area contributed by atoms with Crippen molar-refractivity contribution in [3.05, 3.63) is 35.9 Å². The molecule has 2 atom stereocenters. The smallest absolute Gasteiger partial charge is 0.438 e. The van der Waals surface area contributed by atoms with Crippen molar-refractivity contribution in [2.24, 2.45) is 23.2 Å². The van der Waals surface area contributed by atoms with Gasteiger partial charge in [0.2, 0.25) is 0 Å². The largest absolute Gasteiger partial charge is 0.748 e. The Morgan fingerprint density at radius 1 is 0.957 bits per heavy atom. The lowest BCUT2D eigenvalue weighted by Crippen LogP contribution is -2.65. The molecule has 7 rings (SSSR count). The number of esters is 1. The van der Waals surface area contributed by atoms with Crippen molar-refractivity contribution < 1.29 is 58.3 Å². The molecule has 4 saturated carbocycles. The Morgan fingerprint density at radius 2 is 1.55 bits per heavy atom. The summed E-state index contributed by atoms with van der Waals surface area (Å²) in [6.45, 7) is 0.667. The predicted octanol–water partition coefficient (Wildman–Crippen LogP) is 6.50. The van der Waals surface area contributed by atoms with E-state index in [2.05, 4.69) is 10.8 Å². The van der Waals surface area contributed by atoms with Crippen molar-refractivity contribution in [1.29, 1.82) is 0 Å². The lowest BCUT2D eigenvalue weighted by Gasteiger charge is -2.59. The normalized spacial score (nSPS) is 28.3. The van der Waals surface area contributed by atoms with Crippen LogP contribution >= 0.6 is 0 Å². The average molecular weight is 711 g/mol. The molecule has 0 radical (unpaired) electrons. The van der Waals surface area contributed by atoms with E-state index in [0.717, 1.165) is 40.7 Å². The van der Waals surface area contributed by atoms with Gasteiger partial charge in [-0.05, 0) is 80.8 Å². The van der Waals surface area contributed by atoms with Crippen molar-refractivity contribution in [1.82, 2.24) is 0 Å². The highest BCUT2D eigenvalue weighted by molar-refractivity contribution is 7.97. The molecule has 1 aliphatic heterocycles. The number of carbonyl (C=O) groups excluding carboxylic acids is 1. The van der Waals surface area contributed by atoms with Gasteiger partial charge in [0.15, 0.2) is 4.90 Å². The standard InChI is InChI=1S/C32H36F6O7S2/c1-43-8-9-44-25-14-24(27(46-10-4-5-11-46)23-7-3-2-6-22(23)25)26-20-12-19-13-21(26)17-29(15-19,16-20)28(39)45-30(31(33,34)35,32(36,37)38)18-47(40,41)42/h2-3,6-7,14,19-21,26H,4-5,8-13,15-18H2,1H3. The van der Waals surface area contributed by atoms with Gasteiger partial charge in [-0.1, -0.05) is 18.2 Å². The maximum Gasteiger partial charge on any atom is 0.438 e. The minimum absolute atomic E-state index is 0.000666. The van der Waals surface area contributed by atoms with Crippen molar-refractivity contribution >= 4 is 37.8 Å². The minimum Gasteiger partial charge on any atom is -0.748 e. The second-order valence-corrected chi connectivity index (χ2v) is 17.1. The SMILES string of the molecule is COCCOc1cc(C2C3CC4CC2CC(C(=O)OC(CS(=O)(=O)[O-])(C(F)(F)F)C(F)(F)F)(C4)C3)c([S+]2CCCC2)c2ccccc12. The summed E-state index contributed by atoms with van der Waals surface area (Å²) in [5.74, 6) is -2.73. The van der Waals surface area contributed by atoms with Gasteiger partial charge in [-0.25, -0.2) is 8.42 Å². The van der Waals surface area contributed by atoms with Crippen LogP contribution in [-0.4, -0.2) is 74.5 Å². The molecule has 5 aliphatic rings. The summed E-state index contributed by atoms with van der Waals surface area (Å²) in [6, 6.07) is 10.0. The summed E-state index contributed by atoms with van der Waals surface area (Å²) in [6.07, 6.45) is -9.30. The lowest BCUT2D eigenvalue weighted by molar-refractivity contribution is -0.364. The number of hydrogen-bond acceptors (Lipinski definition) is 7. The van der Waals surface area contributed by atoms with Crippen molar-refractivity contribution in [3.63, 3.8) is 0 Å². The molecule has 5 fully saturated rings. The van der Waals surface area contributed by atoms with Crippen LogP contribution in [-0.2, 0) is 35.3 Å². The first-order chi connectivity index (χ1) is 22.0. The first-order valence-electron chi connectivity index (χ1n) is 15.6. The van der Waals surface area contributed by atoms with E-state index in [-0.39, 0.29) is 53.8 Å². The van der Waals surface area contributed by atoms with Gasteiger partial charge in [0, 0.05) is 34.3 Å². The Bertz CT molecular complexity index is 1590. The fraction of sp³-hybridized carbons (Fsp3) is 0.656. The maximum atomic E-state index is 14.1. The number of hydrogen-bond donors (Lipinski definition) is 0. The summed E-state index contributed by atoms with van der Waals surface area (Å²) >= 11 is 0. The molecular weight excluding hydrogens is 674 g/mol. The Labute approximate surface area is 271 Å². The van der Waals surface area contributed by atoms with Gasteiger partial charge in [0.05, 0.1) is 27.9 Å². The molecule has 7 nitrogen and oxygen atoms in total. The number of ether oxygens (including phenoxy) is 3. The van der Waals surface area contributed by atoms with Gasteiger partial charge in [0.25, 0.3) is 0 Å². The van der Waals surface area contributed by atoms with E-state index in [0.29, 0.717) is 31.8 Å². The van der Waals surface area contributed by atoms with Crippen molar-refractivity contribution in [3.8, 4) is 5.75 Å². The molecule has 2 aromatic rings. The van der Waals surface area contributed by atoms with E-state index in [9.17, 15) is 44.1 Å². The summed E-state index contributed by atoms with van der Waals surface area (Å²) in [7, 11) is -4.63. The lowest BCUT2D eigenvalue weighted by atomic mass is 9.45. The van der Waals surface area contributed by atoms with E-state index < -0.39 is 45.2 Å². The molecule has 0 amide bonds. The monoisotopic (exact) mass is 710 g/mol. The van der Waals surface area contributed by atoms with Crippen molar-refractivity contribution in [2.45, 2.75) is 73.7 Å². The number of halogens is 6. The van der Waals surface area contributed by atoms with Crippen LogP contribution in [0.2, 0.25) is 0 Å². The number of alkyl halides is 6. The molecular formula is C32H36F6O7S2. The highest BCUT2D eigenvalue weighted by Crippen LogP contribution is 2.66. The summed E-state index contributed by atoms with van der Waals surface area (Å²) < 4.78 is 134. The van der Waals surface area contributed by atoms with E-state index in [1.165, 1.54) is 4.90 Å². The van der Waals surface area contributed by atoms with E-state index in [1.54, 1.807) is 7.11 Å². The molecule has 4 aliphatic carbocycles. The zero-order valence-electron chi connectivity index (χ0n) is 25.6. The van der Waals surface area contributed by atoms with E-state index >= 15 is 0 Å². The Balaban J connectivity index is 1.40. The Morgan fingerprint density at radius 3 is 2.11 bits per heavy atom. The van der Waals surface area contributed by atoms with E-state index in [4.69, 9.17) is 9.47 Å². The Kier molecular flexibility index (Phi) is 9.04. The van der Waals surface area contributed by atoms with Crippen LogP contribution in [0.3, 0.4) is 0 Å². The summed E-state index contributed by atoms with van der Waals surface area (Å²) in [4.78, 5) is 14.9. The molecule has 47 heavy (non-hydrogen) atoms. The number of benzene rings is 2. The quantitative estimate of drug-likeness (QED) is 0.0913. The topological polar surface area (TPSA) is 102 Å². The summed E-state index contributed by atoms with van der Waals surface area (Å²) in [5, 5.41) is 2.01. The molecule has 2 aromatic carbocycles. The van der Waals surface area contributed by atoms with Crippen LogP contribution in [0.1, 0.15) is 56.4 Å². The third-order valence-corrected chi connectivity index (χ3v) is 13.8. The first-order valence-corrected chi connectivity index (χ1v) is 18.8. The predicted molar refractivity (Wildman–Crippen MR) is 160 cm³/mol. The van der Waals surface area contributed by atoms with Gasteiger partial charge in [-0.2, -0.15) is 26.3 Å². The van der Waals surface area contributed by atoms with Crippen LogP contribution in [0.4, 0.5) is 26.3 Å². The van der Waals surface area contributed by atoms with Gasteiger partial charge < -0.3 is 18.8 Å². The van der Waals surface area contributed by atoms with E-state index in [1.807, 2.05) is 24.3 Å². The Hall–Kier alpha value is -2.23. The highest BCUT2D eigenvalue weighted by Gasteiger charge is 2.76. The van der Waals surface area contributed by atoms with Crippen LogP contribution in [0.15, 0.2) is 35.2 Å². The molecule has 0 spiro atoms. The fourth-order valence-corrected chi connectivity index (χ4v) is 12.5. The number of carbonyl (C=O) groups is 1. The van der Waals surface area contributed by atoms with Crippen molar-refractivity contribution in [2.75, 3.05) is 37.6 Å². The van der Waals surface area contributed by atoms with Crippen LogP contribution < -0.4 is 4.74 Å². The van der Waals surface area contributed by atoms with Gasteiger partial charge in [-0.15, -0.1) is 0 Å². The van der Waals surface area contributed by atoms with Gasteiger partial charge in [-0.3, -0.25) is 4.79 Å². The molecule has 15 heteroatoms. The number of rotatable bonds is 10. The third kappa shape index (κ3) is 6.22. The minimum atomic E-state index is -6.40. The first kappa shape index (κ1) is 34.6. The maximum absolute atomic E-state index is 14.1. The second kappa shape index (κ2) is 12.3. The molecule has 260 valence electrons. The number of methoxy groups -OCH3 is 1. The molecule has 0 aromatic heterocycles. The zero-order valence-corrected chi connectivity index (χ0v) is 27.3. The average Bonchev–Trinajstić information content (AvgIpc) is 3.49. The number of fused-ring (bicyclic) bond motifs is 1. The molecule has 4 bridgehead atoms.